The topological polar surface area (TPSA) is 60.3 Å². The third-order valence-electron chi connectivity index (χ3n) is 5.84. The van der Waals surface area contributed by atoms with Gasteiger partial charge in [-0.25, -0.2) is 0 Å². The molecule has 1 amide bonds. The first-order chi connectivity index (χ1) is 14.9. The Morgan fingerprint density at radius 2 is 2.00 bits per heavy atom. The van der Waals surface area contributed by atoms with Crippen molar-refractivity contribution in [2.24, 2.45) is 0 Å². The van der Waals surface area contributed by atoms with Crippen LogP contribution in [0.5, 0.6) is 0 Å². The van der Waals surface area contributed by atoms with Gasteiger partial charge in [0.25, 0.3) is 5.56 Å². The van der Waals surface area contributed by atoms with Crippen molar-refractivity contribution in [3.05, 3.63) is 68.5 Å². The van der Waals surface area contributed by atoms with Crippen LogP contribution in [-0.2, 0) is 35.5 Å². The highest BCUT2D eigenvalue weighted by Gasteiger charge is 2.24. The quantitative estimate of drug-likeness (QED) is 0.617. The fourth-order valence-electron chi connectivity index (χ4n) is 4.28. The molecule has 162 valence electrons. The van der Waals surface area contributed by atoms with Crippen molar-refractivity contribution in [1.82, 2.24) is 9.88 Å². The number of carbonyl (C=O) groups excluding carboxylic acids is 1. The predicted molar refractivity (Wildman–Crippen MR) is 125 cm³/mol. The minimum Gasteiger partial charge on any atom is -0.374 e. The van der Waals surface area contributed by atoms with Crippen LogP contribution >= 0.6 is 11.6 Å². The van der Waals surface area contributed by atoms with Gasteiger partial charge in [-0.2, -0.15) is 0 Å². The summed E-state index contributed by atoms with van der Waals surface area (Å²) in [5.41, 5.74) is 5.22. The molecule has 0 radical (unpaired) electrons. The molecule has 0 saturated carbocycles. The van der Waals surface area contributed by atoms with Gasteiger partial charge in [0.1, 0.15) is 0 Å². The molecule has 0 bridgehead atoms. The second-order valence-corrected chi connectivity index (χ2v) is 8.68. The van der Waals surface area contributed by atoms with Crippen molar-refractivity contribution < 1.29 is 9.53 Å². The van der Waals surface area contributed by atoms with E-state index in [1.807, 2.05) is 24.5 Å². The number of halogens is 1. The zero-order chi connectivity index (χ0) is 22.1. The minimum absolute atomic E-state index is 0.0258. The highest BCUT2D eigenvalue weighted by molar-refractivity contribution is 6.31. The van der Waals surface area contributed by atoms with E-state index >= 15 is 0 Å². The van der Waals surface area contributed by atoms with Crippen LogP contribution in [-0.4, -0.2) is 23.6 Å². The molecule has 5 nitrogen and oxygen atoms in total. The van der Waals surface area contributed by atoms with Crippen LogP contribution < -0.4 is 10.9 Å². The average Bonchev–Trinajstić information content (AvgIpc) is 2.77. The molecule has 4 rings (SSSR count). The molecule has 0 aliphatic carbocycles. The van der Waals surface area contributed by atoms with Crippen molar-refractivity contribution in [3.63, 3.8) is 0 Å². The lowest BCUT2D eigenvalue weighted by molar-refractivity contribution is -0.120. The summed E-state index contributed by atoms with van der Waals surface area (Å²) in [7, 11) is 1.64. The fourth-order valence-corrected chi connectivity index (χ4v) is 4.45. The van der Waals surface area contributed by atoms with E-state index in [9.17, 15) is 9.59 Å². The van der Waals surface area contributed by atoms with Crippen LogP contribution in [0.4, 0.5) is 0 Å². The molecule has 1 aliphatic heterocycles. The molecule has 1 aliphatic rings. The van der Waals surface area contributed by atoms with Gasteiger partial charge < -0.3 is 14.6 Å². The molecule has 0 unspecified atom stereocenters. The minimum atomic E-state index is -0.0364. The van der Waals surface area contributed by atoms with Gasteiger partial charge in [-0.15, -0.1) is 0 Å². The number of amides is 1. The van der Waals surface area contributed by atoms with Crippen molar-refractivity contribution in [2.75, 3.05) is 7.05 Å². The van der Waals surface area contributed by atoms with Crippen LogP contribution in [0.3, 0.4) is 0 Å². The summed E-state index contributed by atoms with van der Waals surface area (Å²) < 4.78 is 7.66. The highest BCUT2D eigenvalue weighted by atomic mass is 35.5. The van der Waals surface area contributed by atoms with E-state index in [0.29, 0.717) is 36.4 Å². The highest BCUT2D eigenvalue weighted by Crippen LogP contribution is 2.36. The number of ether oxygens (including phenoxy) is 1. The second kappa shape index (κ2) is 8.85. The first-order valence-corrected chi connectivity index (χ1v) is 11.1. The summed E-state index contributed by atoms with van der Waals surface area (Å²) in [4.78, 5) is 25.4. The third-order valence-corrected chi connectivity index (χ3v) is 6.07. The maximum atomic E-state index is 13.4. The van der Waals surface area contributed by atoms with Crippen LogP contribution in [0, 0.1) is 0 Å². The Morgan fingerprint density at radius 3 is 2.74 bits per heavy atom. The van der Waals surface area contributed by atoms with Crippen molar-refractivity contribution >= 4 is 28.3 Å². The normalized spacial score (nSPS) is 12.7. The number of carbonyl (C=O) groups is 1. The molecule has 31 heavy (non-hydrogen) atoms. The Bertz CT molecular complexity index is 1210. The van der Waals surface area contributed by atoms with E-state index in [-0.39, 0.29) is 17.6 Å². The van der Waals surface area contributed by atoms with E-state index in [2.05, 4.69) is 23.5 Å². The van der Waals surface area contributed by atoms with Gasteiger partial charge in [-0.3, -0.25) is 9.59 Å². The van der Waals surface area contributed by atoms with Gasteiger partial charge in [0.15, 0.2) is 0 Å². The number of rotatable bonds is 6. The molecule has 6 heteroatoms. The van der Waals surface area contributed by atoms with Crippen molar-refractivity contribution in [1.29, 1.82) is 0 Å². The maximum Gasteiger partial charge on any atom is 0.258 e. The van der Waals surface area contributed by atoms with E-state index in [1.54, 1.807) is 19.2 Å². The Balaban J connectivity index is 1.94. The first kappa shape index (κ1) is 21.6. The van der Waals surface area contributed by atoms with E-state index < -0.39 is 0 Å². The molecule has 1 N–H and O–H groups in total. The molecule has 0 spiro atoms. The lowest BCUT2D eigenvalue weighted by atomic mass is 9.89. The molecule has 2 heterocycles. The fraction of sp³-hybridized carbons (Fsp3) is 0.360. The first-order valence-electron chi connectivity index (χ1n) is 10.7. The van der Waals surface area contributed by atoms with Crippen LogP contribution in [0.25, 0.3) is 22.0 Å². The zero-order valence-corrected chi connectivity index (χ0v) is 18.9. The van der Waals surface area contributed by atoms with Gasteiger partial charge in [0.2, 0.25) is 5.91 Å². The number of aryl methyl sites for hydroxylation is 2. The van der Waals surface area contributed by atoms with E-state index in [0.717, 1.165) is 34.2 Å². The average molecular weight is 439 g/mol. The Morgan fingerprint density at radius 1 is 1.19 bits per heavy atom. The molecule has 3 aromatic rings. The third kappa shape index (κ3) is 4.25. The van der Waals surface area contributed by atoms with Gasteiger partial charge in [0.05, 0.1) is 18.4 Å². The molecule has 2 aromatic carbocycles. The van der Waals surface area contributed by atoms with Gasteiger partial charge in [0, 0.05) is 36.0 Å². The summed E-state index contributed by atoms with van der Waals surface area (Å²) in [5.74, 6) is -0.0258. The van der Waals surface area contributed by atoms with Crippen LogP contribution in [0.1, 0.15) is 37.0 Å². The molecule has 0 saturated heterocycles. The summed E-state index contributed by atoms with van der Waals surface area (Å²) in [6, 6.07) is 11.8. The number of nitrogens with one attached hydrogen (secondary N) is 1. The molecular formula is C25H27ClN2O3. The standard InChI is InChI=1S/C25H27ClN2O3/c1-15(2)31-14-16-4-5-17-10-11-28-24(21(17)12-16)20(8-9-23(29)27-3)19-7-6-18(26)13-22(19)25(28)30/h4-7,12-13,15H,8-11,14H2,1-3H3,(H,27,29). The number of benzene rings is 2. The summed E-state index contributed by atoms with van der Waals surface area (Å²) in [6.45, 7) is 5.16. The number of pyridine rings is 1. The Labute approximate surface area is 187 Å². The molecule has 1 aromatic heterocycles. The van der Waals surface area contributed by atoms with Crippen LogP contribution in [0.2, 0.25) is 5.02 Å². The predicted octanol–water partition coefficient (Wildman–Crippen LogP) is 4.48. The Kier molecular flexibility index (Phi) is 6.17. The lowest BCUT2D eigenvalue weighted by Crippen LogP contribution is -2.28. The van der Waals surface area contributed by atoms with Crippen LogP contribution in [0.15, 0.2) is 41.2 Å². The van der Waals surface area contributed by atoms with E-state index in [1.165, 1.54) is 5.56 Å². The molecular weight excluding hydrogens is 412 g/mol. The zero-order valence-electron chi connectivity index (χ0n) is 18.1. The monoisotopic (exact) mass is 438 g/mol. The second-order valence-electron chi connectivity index (χ2n) is 8.25. The van der Waals surface area contributed by atoms with Gasteiger partial charge in [-0.1, -0.05) is 29.8 Å². The van der Waals surface area contributed by atoms with E-state index in [4.69, 9.17) is 16.3 Å². The van der Waals surface area contributed by atoms with Crippen molar-refractivity contribution in [2.45, 2.75) is 52.4 Å². The SMILES string of the molecule is CNC(=O)CCc1c2n(c(=O)c3cc(Cl)ccc13)CCc1ccc(COC(C)C)cc1-2. The number of hydrogen-bond donors (Lipinski definition) is 1. The summed E-state index contributed by atoms with van der Waals surface area (Å²) in [6.07, 6.45) is 1.82. The molecule has 0 atom stereocenters. The number of aromatic nitrogens is 1. The lowest BCUT2D eigenvalue weighted by Gasteiger charge is -2.26. The van der Waals surface area contributed by atoms with Gasteiger partial charge in [-0.05, 0) is 67.0 Å². The summed E-state index contributed by atoms with van der Waals surface area (Å²) in [5, 5.41) is 4.69. The largest absolute Gasteiger partial charge is 0.374 e. The molecule has 0 fully saturated rings. The van der Waals surface area contributed by atoms with Gasteiger partial charge >= 0.3 is 0 Å². The maximum absolute atomic E-state index is 13.4. The van der Waals surface area contributed by atoms with Crippen molar-refractivity contribution in [3.8, 4) is 11.3 Å². The number of nitrogens with zero attached hydrogens (tertiary/aromatic N) is 1. The summed E-state index contributed by atoms with van der Waals surface area (Å²) >= 11 is 6.21. The smallest absolute Gasteiger partial charge is 0.258 e. The number of hydrogen-bond acceptors (Lipinski definition) is 3. The Hall–Kier alpha value is -2.63. The number of fused-ring (bicyclic) bond motifs is 4.